The van der Waals surface area contributed by atoms with Gasteiger partial charge in [0.05, 0.1) is 24.6 Å². The number of hydrogen-bond acceptors (Lipinski definition) is 5. The third-order valence-electron chi connectivity index (χ3n) is 5.76. The Morgan fingerprint density at radius 3 is 2.27 bits per heavy atom. The molecular formula is C25H32F3N3O5S. The third-order valence-corrected chi connectivity index (χ3v) is 6.95. The lowest BCUT2D eigenvalue weighted by molar-refractivity contribution is -0.141. The van der Waals surface area contributed by atoms with Crippen molar-refractivity contribution < 1.29 is 35.9 Å². The number of carbonyl (C=O) groups excluding carboxylic acids is 2. The summed E-state index contributed by atoms with van der Waals surface area (Å²) in [5.41, 5.74) is -0.355. The Morgan fingerprint density at radius 1 is 1.11 bits per heavy atom. The second-order valence-electron chi connectivity index (χ2n) is 8.39. The van der Waals surface area contributed by atoms with Crippen molar-refractivity contribution in [2.75, 3.05) is 31.3 Å². The number of methoxy groups -OCH3 is 1. The fraction of sp³-hybridized carbons (Fsp3) is 0.440. The average molecular weight is 544 g/mol. The first-order chi connectivity index (χ1) is 17.3. The van der Waals surface area contributed by atoms with E-state index in [-0.39, 0.29) is 43.4 Å². The van der Waals surface area contributed by atoms with Crippen LogP contribution in [0.3, 0.4) is 0 Å². The van der Waals surface area contributed by atoms with Crippen molar-refractivity contribution in [3.05, 3.63) is 59.7 Å². The summed E-state index contributed by atoms with van der Waals surface area (Å²) in [6.45, 7) is 1.70. The third kappa shape index (κ3) is 8.38. The number of likely N-dealkylation sites (N-methyl/N-ethyl adjacent to an activating group) is 1. The second kappa shape index (κ2) is 12.8. The number of carbonyl (C=O) groups is 2. The van der Waals surface area contributed by atoms with Crippen molar-refractivity contribution in [1.29, 1.82) is 0 Å². The Labute approximate surface area is 215 Å². The van der Waals surface area contributed by atoms with E-state index in [4.69, 9.17) is 4.74 Å². The van der Waals surface area contributed by atoms with E-state index in [1.165, 1.54) is 25.1 Å². The number of sulfonamides is 1. The number of halogens is 3. The van der Waals surface area contributed by atoms with Crippen LogP contribution in [0.1, 0.15) is 37.3 Å². The maximum atomic E-state index is 13.2. The van der Waals surface area contributed by atoms with E-state index in [0.29, 0.717) is 12.2 Å². The van der Waals surface area contributed by atoms with Gasteiger partial charge in [-0.15, -0.1) is 0 Å². The molecule has 0 aliphatic heterocycles. The van der Waals surface area contributed by atoms with Crippen LogP contribution in [-0.2, 0) is 32.3 Å². The highest BCUT2D eigenvalue weighted by Crippen LogP contribution is 2.32. The molecule has 0 radical (unpaired) electrons. The highest BCUT2D eigenvalue weighted by Gasteiger charge is 2.32. The van der Waals surface area contributed by atoms with E-state index in [0.717, 1.165) is 34.3 Å². The summed E-state index contributed by atoms with van der Waals surface area (Å²) in [5, 5.41) is 2.56. The summed E-state index contributed by atoms with van der Waals surface area (Å²) in [7, 11) is -0.924. The van der Waals surface area contributed by atoms with E-state index in [1.807, 2.05) is 0 Å². The first-order valence-electron chi connectivity index (χ1n) is 11.6. The number of nitrogens with zero attached hydrogens (tertiary/aromatic N) is 2. The fourth-order valence-electron chi connectivity index (χ4n) is 3.86. The highest BCUT2D eigenvalue weighted by molar-refractivity contribution is 7.92. The maximum Gasteiger partial charge on any atom is 0.416 e. The maximum absolute atomic E-state index is 13.2. The minimum atomic E-state index is -4.63. The van der Waals surface area contributed by atoms with Gasteiger partial charge < -0.3 is 15.0 Å². The van der Waals surface area contributed by atoms with Crippen LogP contribution in [-0.4, -0.2) is 58.1 Å². The number of ether oxygens (including phenoxy) is 1. The van der Waals surface area contributed by atoms with Gasteiger partial charge in [0, 0.05) is 26.6 Å². The average Bonchev–Trinajstić information content (AvgIpc) is 2.85. The van der Waals surface area contributed by atoms with Crippen LogP contribution in [0.5, 0.6) is 5.75 Å². The zero-order valence-electron chi connectivity index (χ0n) is 21.2. The van der Waals surface area contributed by atoms with Crippen LogP contribution in [0, 0.1) is 0 Å². The molecule has 2 aromatic rings. The Morgan fingerprint density at radius 2 is 1.76 bits per heavy atom. The van der Waals surface area contributed by atoms with Gasteiger partial charge in [0.15, 0.2) is 0 Å². The van der Waals surface area contributed by atoms with Crippen molar-refractivity contribution in [3.63, 3.8) is 0 Å². The van der Waals surface area contributed by atoms with Crippen LogP contribution in [0.15, 0.2) is 48.5 Å². The van der Waals surface area contributed by atoms with Crippen LogP contribution in [0.25, 0.3) is 0 Å². The lowest BCUT2D eigenvalue weighted by Crippen LogP contribution is -2.48. The molecule has 0 spiro atoms. The lowest BCUT2D eigenvalue weighted by Gasteiger charge is -2.31. The van der Waals surface area contributed by atoms with E-state index in [2.05, 4.69) is 5.32 Å². The lowest BCUT2D eigenvalue weighted by atomic mass is 10.1. The molecule has 0 aliphatic rings. The molecule has 0 aromatic heterocycles. The second-order valence-corrected chi connectivity index (χ2v) is 10.3. The summed E-state index contributed by atoms with van der Waals surface area (Å²) in [5.74, 6) is -0.0923. The van der Waals surface area contributed by atoms with Gasteiger partial charge >= 0.3 is 6.18 Å². The molecule has 2 aromatic carbocycles. The van der Waals surface area contributed by atoms with Gasteiger partial charge in [-0.05, 0) is 48.7 Å². The Bertz CT molecular complexity index is 1170. The first kappa shape index (κ1) is 29.9. The molecule has 0 saturated heterocycles. The normalized spacial score (nSPS) is 12.5. The molecule has 8 nitrogen and oxygen atoms in total. The Hall–Kier alpha value is -3.28. The molecule has 2 amide bonds. The molecule has 0 saturated carbocycles. The van der Waals surface area contributed by atoms with Crippen LogP contribution in [0.4, 0.5) is 18.9 Å². The van der Waals surface area contributed by atoms with Crippen LogP contribution >= 0.6 is 0 Å². The Balaban J connectivity index is 2.23. The summed E-state index contributed by atoms with van der Waals surface area (Å²) in [4.78, 5) is 27.2. The van der Waals surface area contributed by atoms with Crippen molar-refractivity contribution in [1.82, 2.24) is 10.2 Å². The van der Waals surface area contributed by atoms with E-state index >= 15 is 0 Å². The van der Waals surface area contributed by atoms with Gasteiger partial charge in [0.2, 0.25) is 21.8 Å². The number of alkyl halides is 3. The largest absolute Gasteiger partial charge is 0.497 e. The molecular weight excluding hydrogens is 511 g/mol. The predicted octanol–water partition coefficient (Wildman–Crippen LogP) is 3.81. The minimum Gasteiger partial charge on any atom is -0.497 e. The minimum absolute atomic E-state index is 0.0332. The number of rotatable bonds is 12. The molecule has 0 heterocycles. The number of benzene rings is 2. The number of hydrogen-bond donors (Lipinski definition) is 1. The molecule has 1 atom stereocenters. The van der Waals surface area contributed by atoms with Crippen molar-refractivity contribution >= 4 is 27.5 Å². The molecule has 37 heavy (non-hydrogen) atoms. The summed E-state index contributed by atoms with van der Waals surface area (Å²) >= 11 is 0. The molecule has 204 valence electrons. The number of amides is 2. The fourth-order valence-corrected chi connectivity index (χ4v) is 4.81. The van der Waals surface area contributed by atoms with Crippen molar-refractivity contribution in [2.24, 2.45) is 0 Å². The zero-order valence-corrected chi connectivity index (χ0v) is 22.0. The molecule has 0 aliphatic carbocycles. The molecule has 0 fully saturated rings. The first-order valence-corrected chi connectivity index (χ1v) is 13.5. The van der Waals surface area contributed by atoms with Crippen LogP contribution < -0.4 is 14.4 Å². The zero-order chi connectivity index (χ0) is 27.8. The van der Waals surface area contributed by atoms with E-state index in [9.17, 15) is 31.2 Å². The molecule has 12 heteroatoms. The molecule has 0 bridgehead atoms. The van der Waals surface area contributed by atoms with E-state index in [1.54, 1.807) is 31.2 Å². The standard InChI is InChI=1S/C25H32F3N3O5S/c1-5-22(24(33)29-2)30(17-18-11-13-21(36-3)14-12-18)23(32)10-7-15-31(37(4,34)35)20-9-6-8-19(16-20)25(26,27)28/h6,8-9,11-14,16,22H,5,7,10,15,17H2,1-4H3,(H,29,33)/t22-/m0/s1. The highest BCUT2D eigenvalue weighted by atomic mass is 32.2. The smallest absolute Gasteiger partial charge is 0.416 e. The SMILES string of the molecule is CC[C@@H](C(=O)NC)N(Cc1ccc(OC)cc1)C(=O)CCCN(c1cccc(C(F)(F)F)c1)S(C)(=O)=O. The molecule has 0 unspecified atom stereocenters. The van der Waals surface area contributed by atoms with Gasteiger partial charge in [-0.3, -0.25) is 13.9 Å². The monoisotopic (exact) mass is 543 g/mol. The van der Waals surface area contributed by atoms with Gasteiger partial charge in [0.1, 0.15) is 11.8 Å². The van der Waals surface area contributed by atoms with Crippen molar-refractivity contribution in [3.8, 4) is 5.75 Å². The van der Waals surface area contributed by atoms with Gasteiger partial charge in [-0.25, -0.2) is 8.42 Å². The van der Waals surface area contributed by atoms with Gasteiger partial charge in [-0.2, -0.15) is 13.2 Å². The summed E-state index contributed by atoms with van der Waals surface area (Å²) in [6.07, 6.45) is -3.47. The number of anilines is 1. The summed E-state index contributed by atoms with van der Waals surface area (Å²) in [6, 6.07) is 10.3. The van der Waals surface area contributed by atoms with Gasteiger partial charge in [-0.1, -0.05) is 25.1 Å². The quantitative estimate of drug-likeness (QED) is 0.439. The Kier molecular flexibility index (Phi) is 10.4. The van der Waals surface area contributed by atoms with E-state index < -0.39 is 27.8 Å². The number of nitrogens with one attached hydrogen (secondary N) is 1. The topological polar surface area (TPSA) is 96.0 Å². The molecule has 1 N–H and O–H groups in total. The molecule has 2 rings (SSSR count). The van der Waals surface area contributed by atoms with Gasteiger partial charge in [0.25, 0.3) is 0 Å². The van der Waals surface area contributed by atoms with Crippen LogP contribution in [0.2, 0.25) is 0 Å². The van der Waals surface area contributed by atoms with Crippen molar-refractivity contribution in [2.45, 2.75) is 44.9 Å². The predicted molar refractivity (Wildman–Crippen MR) is 135 cm³/mol. The summed E-state index contributed by atoms with van der Waals surface area (Å²) < 4.78 is 70.2.